The Balaban J connectivity index is 1.51. The molecule has 0 unspecified atom stereocenters. The summed E-state index contributed by atoms with van der Waals surface area (Å²) in [6.45, 7) is 0. The van der Waals surface area contributed by atoms with Crippen LogP contribution >= 0.6 is 11.3 Å². The largest absolute Gasteiger partial charge is 0.459 e. The van der Waals surface area contributed by atoms with E-state index in [0.29, 0.717) is 10.1 Å². The average molecular weight is 425 g/mol. The lowest BCUT2D eigenvalue weighted by atomic mass is 10.2. The van der Waals surface area contributed by atoms with Gasteiger partial charge >= 0.3 is 0 Å². The zero-order valence-electron chi connectivity index (χ0n) is 15.0. The van der Waals surface area contributed by atoms with Gasteiger partial charge in [0.2, 0.25) is 5.13 Å². The quantitative estimate of drug-likeness (QED) is 0.500. The number of carbonyl (C=O) groups is 1. The number of sulfone groups is 1. The smallest absolute Gasteiger partial charge is 0.293 e. The van der Waals surface area contributed by atoms with E-state index in [9.17, 15) is 13.2 Å². The highest BCUT2D eigenvalue weighted by Crippen LogP contribution is 2.27. The first-order valence-corrected chi connectivity index (χ1v) is 11.0. The summed E-state index contributed by atoms with van der Waals surface area (Å²) in [7, 11) is -3.61. The van der Waals surface area contributed by atoms with Crippen LogP contribution in [0.2, 0.25) is 0 Å². The minimum Gasteiger partial charge on any atom is -0.459 e. The SMILES string of the molecule is O=C(Nc1nnc(-c2ccccc2)s1)c1occc1CS(=O)(=O)c1ccccc1. The molecule has 0 aliphatic rings. The van der Waals surface area contributed by atoms with Crippen LogP contribution < -0.4 is 5.32 Å². The molecule has 2 aromatic heterocycles. The fraction of sp³-hybridized carbons (Fsp3) is 0.0500. The van der Waals surface area contributed by atoms with E-state index in [2.05, 4.69) is 15.5 Å². The molecular formula is C20H15N3O4S2. The third kappa shape index (κ3) is 4.25. The van der Waals surface area contributed by atoms with Crippen molar-refractivity contribution in [1.29, 1.82) is 0 Å². The molecule has 0 spiro atoms. The van der Waals surface area contributed by atoms with Gasteiger partial charge in [-0.2, -0.15) is 0 Å². The van der Waals surface area contributed by atoms with Crippen LogP contribution in [0.4, 0.5) is 5.13 Å². The molecule has 4 aromatic rings. The van der Waals surface area contributed by atoms with Gasteiger partial charge in [-0.3, -0.25) is 10.1 Å². The lowest BCUT2D eigenvalue weighted by Crippen LogP contribution is -2.14. The van der Waals surface area contributed by atoms with E-state index in [-0.39, 0.29) is 22.0 Å². The second-order valence-corrected chi connectivity index (χ2v) is 9.05. The van der Waals surface area contributed by atoms with Crippen LogP contribution in [0, 0.1) is 0 Å². The van der Waals surface area contributed by atoms with E-state index in [4.69, 9.17) is 4.42 Å². The minimum atomic E-state index is -3.61. The number of benzene rings is 2. The van der Waals surface area contributed by atoms with Crippen molar-refractivity contribution < 1.29 is 17.6 Å². The van der Waals surface area contributed by atoms with Crippen LogP contribution in [0.25, 0.3) is 10.6 Å². The van der Waals surface area contributed by atoms with Crippen molar-refractivity contribution in [1.82, 2.24) is 10.2 Å². The van der Waals surface area contributed by atoms with Gasteiger partial charge in [0.15, 0.2) is 15.6 Å². The molecule has 2 aromatic carbocycles. The fourth-order valence-electron chi connectivity index (χ4n) is 2.69. The lowest BCUT2D eigenvalue weighted by molar-refractivity contribution is 0.0995. The van der Waals surface area contributed by atoms with Gasteiger partial charge in [-0.05, 0) is 18.2 Å². The van der Waals surface area contributed by atoms with Crippen LogP contribution in [0.3, 0.4) is 0 Å². The molecule has 0 aliphatic carbocycles. The number of nitrogens with zero attached hydrogens (tertiary/aromatic N) is 2. The van der Waals surface area contributed by atoms with Gasteiger partial charge in [0, 0.05) is 11.1 Å². The Morgan fingerprint density at radius 2 is 1.66 bits per heavy atom. The second kappa shape index (κ2) is 7.98. The van der Waals surface area contributed by atoms with Crippen molar-refractivity contribution >= 4 is 32.2 Å². The molecule has 146 valence electrons. The minimum absolute atomic E-state index is 0.0685. The normalized spacial score (nSPS) is 11.3. The molecule has 0 aliphatic heterocycles. The Kier molecular flexibility index (Phi) is 5.24. The van der Waals surface area contributed by atoms with Gasteiger partial charge in [0.1, 0.15) is 5.01 Å². The van der Waals surface area contributed by atoms with E-state index in [0.717, 1.165) is 5.56 Å². The summed E-state index contributed by atoms with van der Waals surface area (Å²) < 4.78 is 30.5. The Morgan fingerprint density at radius 1 is 0.966 bits per heavy atom. The summed E-state index contributed by atoms with van der Waals surface area (Å²) in [4.78, 5) is 12.8. The van der Waals surface area contributed by atoms with Crippen LogP contribution in [0.5, 0.6) is 0 Å². The Labute approximate surface area is 171 Å². The van der Waals surface area contributed by atoms with E-state index in [1.54, 1.807) is 18.2 Å². The molecular weight excluding hydrogens is 410 g/mol. The van der Waals surface area contributed by atoms with Gasteiger partial charge in [-0.1, -0.05) is 59.9 Å². The maximum absolute atomic E-state index is 12.6. The monoisotopic (exact) mass is 425 g/mol. The fourth-order valence-corrected chi connectivity index (χ4v) is 4.81. The highest BCUT2D eigenvalue weighted by Gasteiger charge is 2.23. The zero-order chi connectivity index (χ0) is 20.3. The number of hydrogen-bond donors (Lipinski definition) is 1. The number of furan rings is 1. The third-order valence-corrected chi connectivity index (χ3v) is 6.64. The summed E-state index contributed by atoms with van der Waals surface area (Å²) in [5.41, 5.74) is 1.16. The van der Waals surface area contributed by atoms with Crippen LogP contribution in [0.15, 0.2) is 82.3 Å². The molecule has 0 fully saturated rings. The number of rotatable bonds is 6. The number of anilines is 1. The van der Waals surface area contributed by atoms with Crippen molar-refractivity contribution in [2.24, 2.45) is 0 Å². The van der Waals surface area contributed by atoms with Crippen molar-refractivity contribution in [3.63, 3.8) is 0 Å². The van der Waals surface area contributed by atoms with Gasteiger partial charge < -0.3 is 4.42 Å². The van der Waals surface area contributed by atoms with Crippen molar-refractivity contribution in [2.45, 2.75) is 10.6 Å². The first-order chi connectivity index (χ1) is 14.0. The first kappa shape index (κ1) is 19.0. The zero-order valence-corrected chi connectivity index (χ0v) is 16.6. The van der Waals surface area contributed by atoms with Crippen molar-refractivity contribution in [3.05, 3.63) is 84.3 Å². The molecule has 4 rings (SSSR count). The molecule has 7 nitrogen and oxygen atoms in total. The summed E-state index contributed by atoms with van der Waals surface area (Å²) in [6.07, 6.45) is 1.29. The number of aromatic nitrogens is 2. The maximum Gasteiger partial charge on any atom is 0.293 e. The van der Waals surface area contributed by atoms with Crippen molar-refractivity contribution in [3.8, 4) is 10.6 Å². The van der Waals surface area contributed by atoms with Gasteiger partial charge in [-0.15, -0.1) is 10.2 Å². The lowest BCUT2D eigenvalue weighted by Gasteiger charge is -2.05. The number of carbonyl (C=O) groups excluding carboxylic acids is 1. The number of amides is 1. The molecule has 0 atom stereocenters. The molecule has 0 radical (unpaired) electrons. The molecule has 0 bridgehead atoms. The van der Waals surface area contributed by atoms with Gasteiger partial charge in [0.05, 0.1) is 16.9 Å². The van der Waals surface area contributed by atoms with Crippen LogP contribution in [0.1, 0.15) is 16.1 Å². The number of nitrogens with one attached hydrogen (secondary N) is 1. The molecule has 2 heterocycles. The molecule has 9 heteroatoms. The van der Waals surface area contributed by atoms with Crippen LogP contribution in [-0.4, -0.2) is 24.5 Å². The molecule has 0 saturated carbocycles. The maximum atomic E-state index is 12.6. The van der Waals surface area contributed by atoms with Gasteiger partial charge in [-0.25, -0.2) is 8.42 Å². The van der Waals surface area contributed by atoms with E-state index in [1.165, 1.54) is 35.8 Å². The summed E-state index contributed by atoms with van der Waals surface area (Å²) >= 11 is 1.21. The molecule has 1 N–H and O–H groups in total. The standard InChI is InChI=1S/C20H15N3O4S2/c24-18(21-20-23-22-19(28-20)14-7-3-1-4-8-14)17-15(11-12-27-17)13-29(25,26)16-9-5-2-6-10-16/h1-12H,13H2,(H,21,23,24). The predicted molar refractivity (Wildman–Crippen MR) is 109 cm³/mol. The van der Waals surface area contributed by atoms with E-state index < -0.39 is 15.7 Å². The van der Waals surface area contributed by atoms with Crippen LogP contribution in [-0.2, 0) is 15.6 Å². The summed E-state index contributed by atoms with van der Waals surface area (Å²) in [5, 5.41) is 11.6. The highest BCUT2D eigenvalue weighted by atomic mass is 32.2. The average Bonchev–Trinajstić information content (AvgIpc) is 3.39. The Hall–Kier alpha value is -3.30. The highest BCUT2D eigenvalue weighted by molar-refractivity contribution is 7.90. The summed E-state index contributed by atoms with van der Waals surface area (Å²) in [6, 6.07) is 19.0. The first-order valence-electron chi connectivity index (χ1n) is 8.57. The molecule has 29 heavy (non-hydrogen) atoms. The summed E-state index contributed by atoms with van der Waals surface area (Å²) in [5.74, 6) is -0.994. The third-order valence-electron chi connectivity index (χ3n) is 4.07. The number of hydrogen-bond acceptors (Lipinski definition) is 7. The van der Waals surface area contributed by atoms with E-state index in [1.807, 2.05) is 30.3 Å². The predicted octanol–water partition coefficient (Wildman–Crippen LogP) is 4.02. The van der Waals surface area contributed by atoms with E-state index >= 15 is 0 Å². The Morgan fingerprint density at radius 3 is 2.38 bits per heavy atom. The van der Waals surface area contributed by atoms with Gasteiger partial charge in [0.25, 0.3) is 5.91 Å². The molecule has 0 saturated heterocycles. The Bertz CT molecular complexity index is 1230. The molecule has 1 amide bonds. The second-order valence-electron chi connectivity index (χ2n) is 6.08. The van der Waals surface area contributed by atoms with Crippen molar-refractivity contribution in [2.75, 3.05) is 5.32 Å². The topological polar surface area (TPSA) is 102 Å².